The quantitative estimate of drug-likeness (QED) is 0.145. The summed E-state index contributed by atoms with van der Waals surface area (Å²) in [6.45, 7) is 1.20. The molecule has 0 N–H and O–H groups in total. The molecule has 1 unspecified atom stereocenters. The molecule has 0 saturated carbocycles. The minimum Gasteiger partial charge on any atom is -0.200 e. The fourth-order valence-electron chi connectivity index (χ4n) is 3.09. The SMILES string of the molecule is CCC(C)CC(F)(F)C(F)(F)C(F)(F)C(F)(F)C(F)(F)C(F)(F)C(F)(F)C(F)(F)C(F)(F)C(F)(F)C(F)(F)C(F)(F)C(F)(F)C(F)(F)F. The van der Waals surface area contributed by atoms with Crippen molar-refractivity contribution in [2.24, 2.45) is 5.92 Å². The van der Waals surface area contributed by atoms with Crippen LogP contribution in [0.15, 0.2) is 0 Å². The highest BCUT2D eigenvalue weighted by Gasteiger charge is 3.00. The van der Waals surface area contributed by atoms with Gasteiger partial charge >= 0.3 is 83.2 Å². The van der Waals surface area contributed by atoms with Crippen molar-refractivity contribution in [3.63, 3.8) is 0 Å². The van der Waals surface area contributed by atoms with Crippen LogP contribution in [-0.2, 0) is 0 Å². The second-order valence-electron chi connectivity index (χ2n) is 9.81. The molecule has 0 fully saturated rings. The van der Waals surface area contributed by atoms with Gasteiger partial charge in [-0.1, -0.05) is 20.3 Å². The van der Waals surface area contributed by atoms with Crippen LogP contribution in [0.1, 0.15) is 26.7 Å². The summed E-state index contributed by atoms with van der Waals surface area (Å²) >= 11 is 0. The molecule has 290 valence electrons. The van der Waals surface area contributed by atoms with Gasteiger partial charge in [0.25, 0.3) is 0 Å². The van der Waals surface area contributed by atoms with E-state index in [0.29, 0.717) is 6.92 Å². The molecule has 0 aromatic carbocycles. The van der Waals surface area contributed by atoms with Crippen molar-refractivity contribution >= 4 is 0 Å². The fraction of sp³-hybridized carbons (Fsp3) is 1.00. The first-order valence-corrected chi connectivity index (χ1v) is 11.2. The zero-order valence-electron chi connectivity index (χ0n) is 22.0. The van der Waals surface area contributed by atoms with E-state index in [4.69, 9.17) is 0 Å². The minimum absolute atomic E-state index is 0.422. The standard InChI is InChI=1S/C19H11F29/c1-3-5(2)4-6(20,21)7(22,23)8(24,25)9(26,27)10(28,29)11(30,31)12(32,33)13(34,35)14(36,37)15(38,39)16(40,41)17(42,43)18(44,45)19(46,47)48/h5H,3-4H2,1-2H3. The van der Waals surface area contributed by atoms with E-state index >= 15 is 0 Å². The molecule has 0 aliphatic heterocycles. The Hall–Kier alpha value is -2.03. The highest BCUT2D eigenvalue weighted by molar-refractivity contribution is 5.21. The lowest BCUT2D eigenvalue weighted by atomic mass is 9.83. The van der Waals surface area contributed by atoms with Gasteiger partial charge in [-0.25, -0.2) is 0 Å². The molecule has 0 nitrogen and oxygen atoms in total. The molecule has 48 heavy (non-hydrogen) atoms. The summed E-state index contributed by atoms with van der Waals surface area (Å²) in [6.07, 6.45) is -11.8. The van der Waals surface area contributed by atoms with Crippen molar-refractivity contribution in [2.75, 3.05) is 0 Å². The Morgan fingerprint density at radius 1 is 0.292 bits per heavy atom. The average Bonchev–Trinajstić information content (AvgIpc) is 2.86. The Labute approximate surface area is 244 Å². The van der Waals surface area contributed by atoms with E-state index in [1.54, 1.807) is 0 Å². The van der Waals surface area contributed by atoms with Gasteiger partial charge in [0.15, 0.2) is 0 Å². The maximum Gasteiger partial charge on any atom is 0.460 e. The van der Waals surface area contributed by atoms with Gasteiger partial charge in [-0.15, -0.1) is 0 Å². The lowest BCUT2D eigenvalue weighted by Gasteiger charge is -2.46. The zero-order valence-corrected chi connectivity index (χ0v) is 22.0. The Morgan fingerprint density at radius 3 is 0.625 bits per heavy atom. The molecule has 0 rings (SSSR count). The summed E-state index contributed by atoms with van der Waals surface area (Å²) in [7, 11) is 0. The summed E-state index contributed by atoms with van der Waals surface area (Å²) in [5, 5.41) is 0. The number of rotatable bonds is 15. The third-order valence-corrected chi connectivity index (χ3v) is 6.45. The van der Waals surface area contributed by atoms with Crippen molar-refractivity contribution in [3.8, 4) is 0 Å². The monoisotopic (exact) mass is 790 g/mol. The zero-order chi connectivity index (χ0) is 40.0. The molecule has 0 heterocycles. The van der Waals surface area contributed by atoms with Gasteiger partial charge < -0.3 is 0 Å². The smallest absolute Gasteiger partial charge is 0.200 e. The van der Waals surface area contributed by atoms with Crippen LogP contribution in [-0.4, -0.2) is 83.2 Å². The Bertz CT molecular complexity index is 1140. The molecule has 0 amide bonds. The lowest BCUT2D eigenvalue weighted by molar-refractivity contribution is -0.487. The highest BCUT2D eigenvalue weighted by atomic mass is 19.4. The lowest BCUT2D eigenvalue weighted by Crippen LogP contribution is -2.79. The molecule has 0 aliphatic rings. The molecule has 0 saturated heterocycles. The van der Waals surface area contributed by atoms with Gasteiger partial charge in [-0.3, -0.25) is 0 Å². The summed E-state index contributed by atoms with van der Waals surface area (Å²) < 4.78 is 390. The fourth-order valence-corrected chi connectivity index (χ4v) is 3.09. The Morgan fingerprint density at radius 2 is 0.458 bits per heavy atom. The maximum absolute atomic E-state index is 13.8. The van der Waals surface area contributed by atoms with E-state index < -0.39 is 102 Å². The van der Waals surface area contributed by atoms with E-state index in [1.807, 2.05) is 0 Å². The van der Waals surface area contributed by atoms with Crippen molar-refractivity contribution in [3.05, 3.63) is 0 Å². The topological polar surface area (TPSA) is 0 Å². The van der Waals surface area contributed by atoms with Crippen molar-refractivity contribution in [1.29, 1.82) is 0 Å². The average molecular weight is 790 g/mol. The molecule has 0 bridgehead atoms. The van der Waals surface area contributed by atoms with Crippen molar-refractivity contribution in [1.82, 2.24) is 0 Å². The number of hydrogen-bond acceptors (Lipinski definition) is 0. The largest absolute Gasteiger partial charge is 0.460 e. The summed E-state index contributed by atoms with van der Waals surface area (Å²) in [4.78, 5) is 0. The Kier molecular flexibility index (Phi) is 11.0. The van der Waals surface area contributed by atoms with Gasteiger partial charge in [0.1, 0.15) is 0 Å². The van der Waals surface area contributed by atoms with Crippen LogP contribution in [0, 0.1) is 5.92 Å². The van der Waals surface area contributed by atoms with Gasteiger partial charge in [0.2, 0.25) is 0 Å². The first-order chi connectivity index (χ1) is 20.2. The van der Waals surface area contributed by atoms with Crippen molar-refractivity contribution < 1.29 is 127 Å². The predicted octanol–water partition coefficient (Wildman–Crippen LogP) is 11.2. The third kappa shape index (κ3) is 5.46. The van der Waals surface area contributed by atoms with Crippen molar-refractivity contribution in [2.45, 2.75) is 110 Å². The molecular weight excluding hydrogens is 779 g/mol. The van der Waals surface area contributed by atoms with Crippen LogP contribution < -0.4 is 0 Å². The molecular formula is C19H11F29. The highest BCUT2D eigenvalue weighted by Crippen LogP contribution is 2.69. The Balaban J connectivity index is 7.52. The predicted molar refractivity (Wildman–Crippen MR) is 94.4 cm³/mol. The van der Waals surface area contributed by atoms with Crippen LogP contribution >= 0.6 is 0 Å². The van der Waals surface area contributed by atoms with Crippen LogP contribution in [0.2, 0.25) is 0 Å². The maximum atomic E-state index is 13.8. The summed E-state index contributed by atoms with van der Waals surface area (Å²) in [5.74, 6) is -122. The number of hydrogen-bond donors (Lipinski definition) is 0. The van der Waals surface area contributed by atoms with E-state index in [-0.39, 0.29) is 0 Å². The van der Waals surface area contributed by atoms with E-state index in [1.165, 1.54) is 0 Å². The molecule has 0 aromatic heterocycles. The van der Waals surface area contributed by atoms with Gasteiger partial charge in [0, 0.05) is 6.42 Å². The van der Waals surface area contributed by atoms with E-state index in [0.717, 1.165) is 6.92 Å². The van der Waals surface area contributed by atoms with Gasteiger partial charge in [0.05, 0.1) is 0 Å². The normalized spacial score (nSPS) is 17.6. The van der Waals surface area contributed by atoms with Crippen LogP contribution in [0.3, 0.4) is 0 Å². The molecule has 0 radical (unpaired) electrons. The summed E-state index contributed by atoms with van der Waals surface area (Å²) in [6, 6.07) is 0. The minimum atomic E-state index is -9.90. The molecule has 0 spiro atoms. The van der Waals surface area contributed by atoms with Crippen LogP contribution in [0.5, 0.6) is 0 Å². The van der Waals surface area contributed by atoms with E-state index in [2.05, 4.69) is 0 Å². The number of alkyl halides is 29. The van der Waals surface area contributed by atoms with Crippen LogP contribution in [0.4, 0.5) is 127 Å². The van der Waals surface area contributed by atoms with Gasteiger partial charge in [-0.2, -0.15) is 127 Å². The molecule has 29 heteroatoms. The molecule has 0 aromatic rings. The molecule has 1 atom stereocenters. The van der Waals surface area contributed by atoms with E-state index in [9.17, 15) is 127 Å². The van der Waals surface area contributed by atoms with Crippen LogP contribution in [0.25, 0.3) is 0 Å². The first-order valence-electron chi connectivity index (χ1n) is 11.2. The first kappa shape index (κ1) is 46.0. The second kappa shape index (κ2) is 11.5. The second-order valence-corrected chi connectivity index (χ2v) is 9.81. The number of halogens is 29. The summed E-state index contributed by atoms with van der Waals surface area (Å²) in [5.41, 5.74) is 0. The third-order valence-electron chi connectivity index (χ3n) is 6.45. The molecule has 0 aliphatic carbocycles. The van der Waals surface area contributed by atoms with Gasteiger partial charge in [-0.05, 0) is 5.92 Å².